The number of aromatic nitrogens is 1. The first-order chi connectivity index (χ1) is 16.1. The molecule has 3 aromatic rings. The maximum atomic E-state index is 12.6. The van der Waals surface area contributed by atoms with Gasteiger partial charge in [-0.05, 0) is 67.9 Å². The molecular formula is C25H26N4O3S. The van der Waals surface area contributed by atoms with Crippen molar-refractivity contribution in [2.75, 3.05) is 36.9 Å². The molecular weight excluding hydrogens is 436 g/mol. The predicted octanol–water partition coefficient (Wildman–Crippen LogP) is 4.42. The van der Waals surface area contributed by atoms with Crippen LogP contribution in [-0.4, -0.2) is 47.9 Å². The lowest BCUT2D eigenvalue weighted by molar-refractivity contribution is -0.115. The lowest BCUT2D eigenvalue weighted by Crippen LogP contribution is -2.33. The first-order valence-corrected chi connectivity index (χ1v) is 12.2. The van der Waals surface area contributed by atoms with Crippen molar-refractivity contribution in [3.63, 3.8) is 0 Å². The summed E-state index contributed by atoms with van der Waals surface area (Å²) >= 11 is 1.37. The van der Waals surface area contributed by atoms with Crippen LogP contribution in [0.25, 0.3) is 11.3 Å². The molecule has 33 heavy (non-hydrogen) atoms. The third kappa shape index (κ3) is 5.23. The van der Waals surface area contributed by atoms with Gasteiger partial charge in [0.05, 0.1) is 12.1 Å². The molecule has 0 aliphatic carbocycles. The monoisotopic (exact) mass is 462 g/mol. The van der Waals surface area contributed by atoms with E-state index in [0.29, 0.717) is 23.7 Å². The summed E-state index contributed by atoms with van der Waals surface area (Å²) in [6, 6.07) is 13.0. The number of carbonyl (C=O) groups is 2. The Morgan fingerprint density at radius 2 is 1.94 bits per heavy atom. The summed E-state index contributed by atoms with van der Waals surface area (Å²) in [5, 5.41) is 8.14. The number of benzene rings is 2. The van der Waals surface area contributed by atoms with E-state index >= 15 is 0 Å². The van der Waals surface area contributed by atoms with Gasteiger partial charge in [-0.1, -0.05) is 12.5 Å². The highest BCUT2D eigenvalue weighted by Gasteiger charge is 2.19. The van der Waals surface area contributed by atoms with Crippen molar-refractivity contribution in [1.29, 1.82) is 0 Å². The zero-order valence-electron chi connectivity index (χ0n) is 18.3. The van der Waals surface area contributed by atoms with Crippen molar-refractivity contribution in [2.24, 2.45) is 0 Å². The molecule has 2 aliphatic heterocycles. The first-order valence-electron chi connectivity index (χ1n) is 11.3. The number of ether oxygens (including phenoxy) is 1. The molecule has 2 aliphatic rings. The van der Waals surface area contributed by atoms with E-state index in [1.54, 1.807) is 12.1 Å². The van der Waals surface area contributed by atoms with Crippen LogP contribution < -0.4 is 15.4 Å². The molecule has 0 bridgehead atoms. The number of piperidine rings is 1. The second-order valence-corrected chi connectivity index (χ2v) is 9.22. The Morgan fingerprint density at radius 3 is 2.76 bits per heavy atom. The molecule has 2 N–H and O–H groups in total. The molecule has 3 heterocycles. The Bertz CT molecular complexity index is 1150. The van der Waals surface area contributed by atoms with Gasteiger partial charge in [0, 0.05) is 28.7 Å². The molecule has 8 heteroatoms. The molecule has 0 atom stereocenters. The van der Waals surface area contributed by atoms with Gasteiger partial charge >= 0.3 is 0 Å². The van der Waals surface area contributed by atoms with E-state index in [4.69, 9.17) is 4.74 Å². The number of amides is 2. The lowest BCUT2D eigenvalue weighted by Gasteiger charge is -2.26. The van der Waals surface area contributed by atoms with Gasteiger partial charge in [0.2, 0.25) is 5.91 Å². The quantitative estimate of drug-likeness (QED) is 0.543. The van der Waals surface area contributed by atoms with Crippen LogP contribution in [0, 0.1) is 0 Å². The molecule has 0 saturated carbocycles. The number of carbonyl (C=O) groups excluding carboxylic acids is 2. The number of thiazole rings is 1. The Labute approximate surface area is 196 Å². The summed E-state index contributed by atoms with van der Waals surface area (Å²) in [5.74, 6) is 0.566. The van der Waals surface area contributed by atoms with Crippen molar-refractivity contribution >= 4 is 34.0 Å². The van der Waals surface area contributed by atoms with Crippen LogP contribution in [0.2, 0.25) is 0 Å². The number of hydrogen-bond donors (Lipinski definition) is 2. The molecule has 0 radical (unpaired) electrons. The molecule has 0 unspecified atom stereocenters. The fourth-order valence-electron chi connectivity index (χ4n) is 4.20. The van der Waals surface area contributed by atoms with Crippen molar-refractivity contribution in [2.45, 2.75) is 25.7 Å². The number of fused-ring (bicyclic) bond motifs is 1. The normalized spacial score (nSPS) is 15.7. The Kier molecular flexibility index (Phi) is 6.37. The lowest BCUT2D eigenvalue weighted by atomic mass is 10.1. The second-order valence-electron chi connectivity index (χ2n) is 8.36. The average molecular weight is 463 g/mol. The highest BCUT2D eigenvalue weighted by atomic mass is 32.1. The van der Waals surface area contributed by atoms with Gasteiger partial charge in [0.15, 0.2) is 5.13 Å². The molecule has 1 fully saturated rings. The number of likely N-dealkylation sites (tertiary alicyclic amines) is 1. The fourth-order valence-corrected chi connectivity index (χ4v) is 4.91. The summed E-state index contributed by atoms with van der Waals surface area (Å²) in [5.41, 5.74) is 4.07. The van der Waals surface area contributed by atoms with E-state index in [2.05, 4.69) is 20.5 Å². The smallest absolute Gasteiger partial charge is 0.257 e. The highest BCUT2D eigenvalue weighted by molar-refractivity contribution is 7.14. The number of hydrogen-bond acceptors (Lipinski definition) is 6. The van der Waals surface area contributed by atoms with E-state index < -0.39 is 0 Å². The van der Waals surface area contributed by atoms with Crippen LogP contribution in [0.3, 0.4) is 0 Å². The molecule has 1 aromatic heterocycles. The maximum Gasteiger partial charge on any atom is 0.257 e. The largest absolute Gasteiger partial charge is 0.492 e. The topological polar surface area (TPSA) is 83.6 Å². The van der Waals surface area contributed by atoms with Crippen LogP contribution in [0.15, 0.2) is 47.8 Å². The van der Waals surface area contributed by atoms with Crippen LogP contribution in [0.5, 0.6) is 5.75 Å². The zero-order valence-corrected chi connectivity index (χ0v) is 19.1. The van der Waals surface area contributed by atoms with Crippen molar-refractivity contribution in [3.05, 3.63) is 59.0 Å². The Hall–Kier alpha value is -3.23. The van der Waals surface area contributed by atoms with E-state index in [1.165, 1.54) is 30.6 Å². The van der Waals surface area contributed by atoms with E-state index in [9.17, 15) is 9.59 Å². The summed E-state index contributed by atoms with van der Waals surface area (Å²) in [6.45, 7) is 3.90. The summed E-state index contributed by atoms with van der Waals surface area (Å²) < 4.78 is 5.84. The Morgan fingerprint density at radius 1 is 1.12 bits per heavy atom. The van der Waals surface area contributed by atoms with Gasteiger partial charge in [0.25, 0.3) is 5.91 Å². The van der Waals surface area contributed by atoms with Crippen LogP contribution in [0.4, 0.5) is 10.8 Å². The SMILES string of the molecule is O=C1Cc2cc(-c3csc(NC(=O)c4ccc(OCCN5CCCCC5)cc4)n3)ccc2N1. The number of anilines is 2. The molecule has 2 amide bonds. The van der Waals surface area contributed by atoms with Crippen molar-refractivity contribution < 1.29 is 14.3 Å². The third-order valence-electron chi connectivity index (χ3n) is 5.99. The van der Waals surface area contributed by atoms with Gasteiger partial charge in [-0.15, -0.1) is 11.3 Å². The minimum Gasteiger partial charge on any atom is -0.492 e. The van der Waals surface area contributed by atoms with Gasteiger partial charge < -0.3 is 10.1 Å². The molecule has 7 nitrogen and oxygen atoms in total. The van der Waals surface area contributed by atoms with Gasteiger partial charge in [0.1, 0.15) is 12.4 Å². The zero-order chi connectivity index (χ0) is 22.6. The molecule has 5 rings (SSSR count). The average Bonchev–Trinajstić information content (AvgIpc) is 3.45. The number of nitrogens with zero attached hydrogens (tertiary/aromatic N) is 2. The van der Waals surface area contributed by atoms with Crippen LogP contribution in [-0.2, 0) is 11.2 Å². The number of rotatable bonds is 7. The van der Waals surface area contributed by atoms with Crippen molar-refractivity contribution in [3.8, 4) is 17.0 Å². The minimum absolute atomic E-state index is 0.00629. The molecule has 0 spiro atoms. The summed E-state index contributed by atoms with van der Waals surface area (Å²) in [7, 11) is 0. The van der Waals surface area contributed by atoms with Gasteiger partial charge in [-0.2, -0.15) is 0 Å². The van der Waals surface area contributed by atoms with Crippen LogP contribution in [0.1, 0.15) is 35.2 Å². The van der Waals surface area contributed by atoms with E-state index in [0.717, 1.165) is 47.9 Å². The predicted molar refractivity (Wildman–Crippen MR) is 130 cm³/mol. The molecule has 170 valence electrons. The summed E-state index contributed by atoms with van der Waals surface area (Å²) in [4.78, 5) is 31.2. The standard InChI is InChI=1S/C25H26N4O3S/c30-23-15-19-14-18(6-9-21(19)26-23)22-16-33-25(27-22)28-24(31)17-4-7-20(8-5-17)32-13-12-29-10-2-1-3-11-29/h4-9,14,16H,1-3,10-13,15H2,(H,26,30)(H,27,28,31). The fraction of sp³-hybridized carbons (Fsp3) is 0.320. The third-order valence-corrected chi connectivity index (χ3v) is 6.75. The minimum atomic E-state index is -0.209. The number of nitrogens with one attached hydrogen (secondary N) is 2. The van der Waals surface area contributed by atoms with Gasteiger partial charge in [-0.25, -0.2) is 4.98 Å². The Balaban J connectivity index is 1.15. The molecule has 2 aromatic carbocycles. The first kappa shape index (κ1) is 21.6. The highest BCUT2D eigenvalue weighted by Crippen LogP contribution is 2.31. The van der Waals surface area contributed by atoms with Gasteiger partial charge in [-0.3, -0.25) is 19.8 Å². The van der Waals surface area contributed by atoms with E-state index in [-0.39, 0.29) is 11.8 Å². The molecule has 1 saturated heterocycles. The maximum absolute atomic E-state index is 12.6. The van der Waals surface area contributed by atoms with Crippen LogP contribution >= 0.6 is 11.3 Å². The van der Waals surface area contributed by atoms with Crippen molar-refractivity contribution in [1.82, 2.24) is 9.88 Å². The second kappa shape index (κ2) is 9.72. The van der Waals surface area contributed by atoms with E-state index in [1.807, 2.05) is 35.7 Å². The summed E-state index contributed by atoms with van der Waals surface area (Å²) in [6.07, 6.45) is 4.26.